The summed E-state index contributed by atoms with van der Waals surface area (Å²) >= 11 is 0. The minimum Gasteiger partial charge on any atom is -0.254 e. The summed E-state index contributed by atoms with van der Waals surface area (Å²) in [5.41, 5.74) is 2.33. The van der Waals surface area contributed by atoms with Crippen LogP contribution >= 0.6 is 0 Å². The van der Waals surface area contributed by atoms with Gasteiger partial charge in [0.1, 0.15) is 0 Å². The van der Waals surface area contributed by atoms with Crippen LogP contribution in [-0.2, 0) is 21.6 Å². The molecule has 0 unspecified atom stereocenters. The van der Waals surface area contributed by atoms with Crippen molar-refractivity contribution in [2.24, 2.45) is 0 Å². The first-order valence-corrected chi connectivity index (χ1v) is 9.60. The molecule has 2 aromatic rings. The number of aryl methyl sites for hydroxylation is 2. The van der Waals surface area contributed by atoms with E-state index in [1.807, 2.05) is 62.4 Å². The maximum absolute atomic E-state index is 12.1. The van der Waals surface area contributed by atoms with Crippen molar-refractivity contribution in [3.8, 4) is 0 Å². The first kappa shape index (κ1) is 16.1. The average Bonchev–Trinajstić information content (AvgIpc) is 2.48. The maximum Gasteiger partial charge on any atom is 0.0529 e. The van der Waals surface area contributed by atoms with Crippen LogP contribution in [0.25, 0.3) is 0 Å². The second-order valence-electron chi connectivity index (χ2n) is 5.08. The average molecular weight is 320 g/mol. The van der Waals surface area contributed by atoms with E-state index in [-0.39, 0.29) is 0 Å². The molecule has 0 fully saturated rings. The molecule has 0 N–H and O–H groups in total. The summed E-state index contributed by atoms with van der Waals surface area (Å²) in [6.45, 7) is 4.02. The van der Waals surface area contributed by atoms with Crippen molar-refractivity contribution in [3.63, 3.8) is 0 Å². The van der Waals surface area contributed by atoms with Crippen molar-refractivity contribution in [1.29, 1.82) is 0 Å². The Balaban J connectivity index is 1.83. The molecule has 0 saturated heterocycles. The largest absolute Gasteiger partial charge is 0.254 e. The second kappa shape index (κ2) is 7.66. The molecule has 0 spiro atoms. The molecule has 2 atom stereocenters. The molecule has 21 heavy (non-hydrogen) atoms. The Bertz CT molecular complexity index is 573. The fourth-order valence-electron chi connectivity index (χ4n) is 1.94. The molecule has 112 valence electrons. The van der Waals surface area contributed by atoms with Crippen molar-refractivity contribution in [1.82, 2.24) is 0 Å². The number of hydrogen-bond donors (Lipinski definition) is 0. The highest BCUT2D eigenvalue weighted by atomic mass is 32.2. The van der Waals surface area contributed by atoms with E-state index in [0.29, 0.717) is 17.9 Å². The van der Waals surface area contributed by atoms with Crippen LogP contribution in [0.15, 0.2) is 58.3 Å². The van der Waals surface area contributed by atoms with Gasteiger partial charge in [0.15, 0.2) is 0 Å². The van der Waals surface area contributed by atoms with E-state index in [4.69, 9.17) is 0 Å². The Kier molecular flexibility index (Phi) is 5.88. The fourth-order valence-corrected chi connectivity index (χ4v) is 4.28. The van der Waals surface area contributed by atoms with Crippen molar-refractivity contribution >= 4 is 21.6 Å². The van der Waals surface area contributed by atoms with Crippen LogP contribution in [0.3, 0.4) is 0 Å². The third kappa shape index (κ3) is 4.90. The molecule has 0 saturated carbocycles. The summed E-state index contributed by atoms with van der Waals surface area (Å²) in [7, 11) is -2.01. The second-order valence-corrected chi connectivity index (χ2v) is 8.22. The van der Waals surface area contributed by atoms with E-state index in [2.05, 4.69) is 0 Å². The van der Waals surface area contributed by atoms with Gasteiger partial charge in [-0.05, 0) is 44.5 Å². The molecule has 0 bridgehead atoms. The number of hydrogen-bond acceptors (Lipinski definition) is 2. The van der Waals surface area contributed by atoms with Crippen LogP contribution in [0.2, 0.25) is 0 Å². The van der Waals surface area contributed by atoms with Crippen LogP contribution in [0.1, 0.15) is 17.5 Å². The van der Waals surface area contributed by atoms with Crippen LogP contribution in [0.5, 0.6) is 0 Å². The molecule has 2 nitrogen and oxygen atoms in total. The Morgan fingerprint density at radius 3 is 1.33 bits per heavy atom. The Labute approximate surface area is 131 Å². The Morgan fingerprint density at radius 2 is 1.00 bits per heavy atom. The molecule has 0 aliphatic carbocycles. The molecule has 4 heteroatoms. The summed E-state index contributed by atoms with van der Waals surface area (Å²) in [4.78, 5) is 1.70. The first-order valence-electron chi connectivity index (χ1n) is 6.96. The van der Waals surface area contributed by atoms with Gasteiger partial charge >= 0.3 is 0 Å². The zero-order chi connectivity index (χ0) is 15.2. The first-order chi connectivity index (χ1) is 10.1. The van der Waals surface area contributed by atoms with E-state index in [1.165, 1.54) is 0 Å². The Hall–Kier alpha value is -1.26. The zero-order valence-corrected chi connectivity index (χ0v) is 14.0. The maximum atomic E-state index is 12.1. The Morgan fingerprint density at radius 1 is 0.667 bits per heavy atom. The predicted molar refractivity (Wildman–Crippen MR) is 89.5 cm³/mol. The van der Waals surface area contributed by atoms with Gasteiger partial charge in [-0.2, -0.15) is 0 Å². The van der Waals surface area contributed by atoms with E-state index < -0.39 is 21.6 Å². The third-order valence-corrected chi connectivity index (χ3v) is 6.14. The lowest BCUT2D eigenvalue weighted by Gasteiger charge is -2.04. The topological polar surface area (TPSA) is 34.1 Å². The molecule has 0 aliphatic rings. The lowest BCUT2D eigenvalue weighted by molar-refractivity contribution is 0.678. The highest BCUT2D eigenvalue weighted by Crippen LogP contribution is 2.12. The van der Waals surface area contributed by atoms with E-state index in [1.54, 1.807) is 0 Å². The van der Waals surface area contributed by atoms with Crippen molar-refractivity contribution in [2.75, 3.05) is 11.5 Å². The number of rotatable bonds is 6. The third-order valence-electron chi connectivity index (χ3n) is 3.23. The van der Waals surface area contributed by atoms with Crippen LogP contribution < -0.4 is 0 Å². The van der Waals surface area contributed by atoms with E-state index >= 15 is 0 Å². The van der Waals surface area contributed by atoms with Gasteiger partial charge in [0.05, 0.1) is 21.6 Å². The summed E-state index contributed by atoms with van der Waals surface area (Å²) < 4.78 is 24.3. The molecule has 0 aliphatic heterocycles. The molecule has 2 rings (SSSR count). The summed E-state index contributed by atoms with van der Waals surface area (Å²) in [6.07, 6.45) is 0.695. The van der Waals surface area contributed by atoms with Crippen molar-refractivity contribution in [2.45, 2.75) is 30.1 Å². The van der Waals surface area contributed by atoms with Crippen molar-refractivity contribution in [3.05, 3.63) is 59.7 Å². The molecule has 2 aromatic carbocycles. The highest BCUT2D eigenvalue weighted by molar-refractivity contribution is 7.86. The van der Waals surface area contributed by atoms with Crippen molar-refractivity contribution < 1.29 is 8.42 Å². The van der Waals surface area contributed by atoms with E-state index in [9.17, 15) is 8.42 Å². The van der Waals surface area contributed by atoms with Crippen LogP contribution in [-0.4, -0.2) is 19.9 Å². The lowest BCUT2D eigenvalue weighted by Crippen LogP contribution is -2.05. The van der Waals surface area contributed by atoms with Crippen LogP contribution in [0.4, 0.5) is 0 Å². The fraction of sp³-hybridized carbons (Fsp3) is 0.294. The van der Waals surface area contributed by atoms with Gasteiger partial charge in [-0.25, -0.2) is 0 Å². The highest BCUT2D eigenvalue weighted by Gasteiger charge is 2.07. The zero-order valence-electron chi connectivity index (χ0n) is 12.4. The summed E-state index contributed by atoms with van der Waals surface area (Å²) in [5.74, 6) is 1.11. The normalized spacial score (nSPS) is 13.8. The molecule has 0 heterocycles. The standard InChI is InChI=1S/C17H20O2S2/c1-14-4-8-16(9-5-14)20(18)12-3-13-21(19)17-10-6-15(2)7-11-17/h4-11H,3,12-13H2,1-2H3/t20-,21-/m1/s1. The van der Waals surface area contributed by atoms with E-state index in [0.717, 1.165) is 20.9 Å². The predicted octanol–water partition coefficient (Wildman–Crippen LogP) is 3.61. The monoisotopic (exact) mass is 320 g/mol. The SMILES string of the molecule is Cc1ccc([S@](=O)CCC[S@@](=O)c2ccc(C)cc2)cc1. The van der Waals surface area contributed by atoms with Gasteiger partial charge in [0.25, 0.3) is 0 Å². The lowest BCUT2D eigenvalue weighted by atomic mass is 10.2. The van der Waals surface area contributed by atoms with Gasteiger partial charge in [-0.3, -0.25) is 8.42 Å². The van der Waals surface area contributed by atoms with Gasteiger partial charge in [0, 0.05) is 21.3 Å². The molecular weight excluding hydrogens is 300 g/mol. The quantitative estimate of drug-likeness (QED) is 0.815. The smallest absolute Gasteiger partial charge is 0.0529 e. The van der Waals surface area contributed by atoms with Gasteiger partial charge in [-0.1, -0.05) is 35.4 Å². The minimum atomic E-state index is -1.00. The number of benzene rings is 2. The summed E-state index contributed by atoms with van der Waals surface area (Å²) in [6, 6.07) is 15.5. The molecule has 0 radical (unpaired) electrons. The molecular formula is C17H20O2S2. The minimum absolute atomic E-state index is 0.556. The van der Waals surface area contributed by atoms with Crippen LogP contribution in [0, 0.1) is 13.8 Å². The molecule has 0 aromatic heterocycles. The summed E-state index contributed by atoms with van der Waals surface area (Å²) in [5, 5.41) is 0. The molecule has 0 amide bonds. The van der Waals surface area contributed by atoms with Gasteiger partial charge in [0.2, 0.25) is 0 Å². The van der Waals surface area contributed by atoms with Gasteiger partial charge < -0.3 is 0 Å². The van der Waals surface area contributed by atoms with Gasteiger partial charge in [-0.15, -0.1) is 0 Å².